The molecule has 1 aromatic carbocycles. The molecular weight excluding hydrogens is 360 g/mol. The number of ether oxygens (including phenoxy) is 1. The van der Waals surface area contributed by atoms with Gasteiger partial charge in [0.25, 0.3) is 5.69 Å². The van der Waals surface area contributed by atoms with E-state index in [1.807, 2.05) is 0 Å². The topological polar surface area (TPSA) is 174 Å². The van der Waals surface area contributed by atoms with Gasteiger partial charge in [0, 0.05) is 6.07 Å². The summed E-state index contributed by atoms with van der Waals surface area (Å²) in [4.78, 5) is 44.0. The lowest BCUT2D eigenvalue weighted by atomic mass is 9.82. The van der Waals surface area contributed by atoms with Crippen molar-refractivity contribution >= 4 is 29.2 Å². The zero-order valence-electron chi connectivity index (χ0n) is 14.3. The number of hydrogen-bond donors (Lipinski definition) is 4. The fraction of sp³-hybridized carbons (Fsp3) is 0.438. The lowest BCUT2D eigenvalue weighted by Gasteiger charge is -2.28. The Labute approximate surface area is 154 Å². The van der Waals surface area contributed by atoms with E-state index in [9.17, 15) is 24.5 Å². The van der Waals surface area contributed by atoms with Crippen LogP contribution in [0.4, 0.5) is 11.4 Å². The Morgan fingerprint density at radius 3 is 2.44 bits per heavy atom. The van der Waals surface area contributed by atoms with Crippen molar-refractivity contribution in [2.24, 2.45) is 5.84 Å². The number of hydrazine groups is 1. The number of carboxylic acids is 1. The van der Waals surface area contributed by atoms with Crippen molar-refractivity contribution in [3.05, 3.63) is 33.9 Å². The normalized spacial score (nSPS) is 19.1. The quantitative estimate of drug-likeness (QED) is 0.183. The smallest absolute Gasteiger partial charge is 0.329 e. The second kappa shape index (κ2) is 9.05. The molecule has 0 saturated heterocycles. The predicted molar refractivity (Wildman–Crippen MR) is 92.6 cm³/mol. The molecule has 0 bridgehead atoms. The van der Waals surface area contributed by atoms with Gasteiger partial charge in [0.05, 0.1) is 11.0 Å². The molecule has 0 spiro atoms. The van der Waals surface area contributed by atoms with E-state index in [1.54, 1.807) is 11.5 Å². The molecule has 1 fully saturated rings. The van der Waals surface area contributed by atoms with Crippen molar-refractivity contribution in [1.29, 1.82) is 0 Å². The Hall–Kier alpha value is -3.05. The van der Waals surface area contributed by atoms with E-state index in [-0.39, 0.29) is 30.0 Å². The molecule has 0 aliphatic heterocycles. The van der Waals surface area contributed by atoms with Crippen molar-refractivity contribution in [1.82, 2.24) is 5.43 Å². The number of nitrogens with zero attached hydrogens (tertiary/aromatic N) is 1. The maximum atomic E-state index is 11.6. The van der Waals surface area contributed by atoms with Gasteiger partial charge in [-0.3, -0.25) is 25.1 Å². The first-order valence-corrected chi connectivity index (χ1v) is 8.25. The minimum atomic E-state index is -1.12. The number of rotatable bonds is 6. The van der Waals surface area contributed by atoms with Gasteiger partial charge in [-0.25, -0.2) is 10.6 Å². The number of benzene rings is 1. The molecule has 27 heavy (non-hydrogen) atoms. The summed E-state index contributed by atoms with van der Waals surface area (Å²) in [6, 6.07) is 4.41. The summed E-state index contributed by atoms with van der Waals surface area (Å²) in [5.41, 5.74) is 1.96. The summed E-state index contributed by atoms with van der Waals surface area (Å²) < 4.78 is 5.28. The van der Waals surface area contributed by atoms with E-state index < -0.39 is 22.7 Å². The standard InChI is InChI=1S/C16H20N4O7/c17-19-16(24)15(23)18-12-6-3-10(7-13(12)20(25)26)9-1-4-11(5-2-9)27-8-14(21)22/h3,6-7,9,11H,1-2,4-5,8,17H2,(H,18,23)(H,19,24)(H,21,22). The van der Waals surface area contributed by atoms with E-state index in [2.05, 4.69) is 5.32 Å². The van der Waals surface area contributed by atoms with Gasteiger partial charge in [-0.2, -0.15) is 0 Å². The van der Waals surface area contributed by atoms with Gasteiger partial charge in [0.2, 0.25) is 0 Å². The number of carbonyl (C=O) groups excluding carboxylic acids is 2. The van der Waals surface area contributed by atoms with Crippen LogP contribution in [0.3, 0.4) is 0 Å². The SMILES string of the molecule is NNC(=O)C(=O)Nc1ccc(C2CCC(OCC(=O)O)CC2)cc1[N+](=O)[O-]. The highest BCUT2D eigenvalue weighted by atomic mass is 16.6. The van der Waals surface area contributed by atoms with E-state index in [4.69, 9.17) is 15.7 Å². The van der Waals surface area contributed by atoms with E-state index in [0.29, 0.717) is 25.7 Å². The molecule has 11 nitrogen and oxygen atoms in total. The second-order valence-corrected chi connectivity index (χ2v) is 6.14. The minimum absolute atomic E-state index is 0.0606. The third-order valence-electron chi connectivity index (χ3n) is 4.39. The van der Waals surface area contributed by atoms with Crippen molar-refractivity contribution in [3.63, 3.8) is 0 Å². The molecule has 0 aromatic heterocycles. The van der Waals surface area contributed by atoms with Crippen molar-refractivity contribution in [2.45, 2.75) is 37.7 Å². The van der Waals surface area contributed by atoms with Gasteiger partial charge >= 0.3 is 17.8 Å². The molecule has 5 N–H and O–H groups in total. The fourth-order valence-electron chi connectivity index (χ4n) is 3.06. The average molecular weight is 380 g/mol. The Bertz CT molecular complexity index is 744. The van der Waals surface area contributed by atoms with Gasteiger partial charge in [-0.1, -0.05) is 6.07 Å². The highest BCUT2D eigenvalue weighted by Gasteiger charge is 2.26. The number of carbonyl (C=O) groups is 3. The summed E-state index contributed by atoms with van der Waals surface area (Å²) in [5, 5.41) is 22.1. The number of nitrogens with one attached hydrogen (secondary N) is 2. The maximum absolute atomic E-state index is 11.6. The molecule has 0 heterocycles. The fourth-order valence-corrected chi connectivity index (χ4v) is 3.06. The van der Waals surface area contributed by atoms with Crippen LogP contribution in [0.2, 0.25) is 0 Å². The Morgan fingerprint density at radius 2 is 1.89 bits per heavy atom. The number of nitro groups is 1. The number of nitro benzene ring substituents is 1. The van der Waals surface area contributed by atoms with Crippen molar-refractivity contribution in [3.8, 4) is 0 Å². The minimum Gasteiger partial charge on any atom is -0.480 e. The summed E-state index contributed by atoms with van der Waals surface area (Å²) in [6.45, 7) is -0.342. The average Bonchev–Trinajstić information content (AvgIpc) is 2.66. The van der Waals surface area contributed by atoms with Gasteiger partial charge in [-0.05, 0) is 43.2 Å². The van der Waals surface area contributed by atoms with Crippen LogP contribution in [0.5, 0.6) is 0 Å². The molecule has 1 aliphatic carbocycles. The predicted octanol–water partition coefficient (Wildman–Crippen LogP) is 0.651. The zero-order valence-corrected chi connectivity index (χ0v) is 14.3. The third kappa shape index (κ3) is 5.46. The van der Waals surface area contributed by atoms with E-state index in [0.717, 1.165) is 5.56 Å². The lowest BCUT2D eigenvalue weighted by Crippen LogP contribution is -2.39. The summed E-state index contributed by atoms with van der Waals surface area (Å²) in [6.07, 6.45) is 2.56. The summed E-state index contributed by atoms with van der Waals surface area (Å²) >= 11 is 0. The van der Waals surface area contributed by atoms with Crippen LogP contribution in [0.25, 0.3) is 0 Å². The van der Waals surface area contributed by atoms with Gasteiger partial charge in [0.1, 0.15) is 12.3 Å². The third-order valence-corrected chi connectivity index (χ3v) is 4.39. The van der Waals surface area contributed by atoms with Crippen LogP contribution < -0.4 is 16.6 Å². The molecule has 0 unspecified atom stereocenters. The number of nitrogens with two attached hydrogens (primary N) is 1. The van der Waals surface area contributed by atoms with Gasteiger partial charge < -0.3 is 15.2 Å². The molecule has 2 amide bonds. The molecular formula is C16H20N4O7. The first-order valence-electron chi connectivity index (χ1n) is 8.25. The first kappa shape index (κ1) is 20.3. The number of carboxylic acid groups (broad SMARTS) is 1. The van der Waals surface area contributed by atoms with Crippen molar-refractivity contribution in [2.75, 3.05) is 11.9 Å². The number of amides is 2. The van der Waals surface area contributed by atoms with E-state index >= 15 is 0 Å². The van der Waals surface area contributed by atoms with Crippen LogP contribution in [-0.4, -0.2) is 40.5 Å². The zero-order chi connectivity index (χ0) is 20.0. The summed E-state index contributed by atoms with van der Waals surface area (Å²) in [5.74, 6) is 1.67. The van der Waals surface area contributed by atoms with E-state index in [1.165, 1.54) is 12.1 Å². The highest BCUT2D eigenvalue weighted by Crippen LogP contribution is 2.37. The molecule has 2 rings (SSSR count). The molecule has 11 heteroatoms. The molecule has 0 atom stereocenters. The van der Waals surface area contributed by atoms with Crippen LogP contribution in [0.1, 0.15) is 37.2 Å². The Kier molecular flexibility index (Phi) is 6.79. The number of aliphatic carboxylic acids is 1. The molecule has 1 aliphatic rings. The summed E-state index contributed by atoms with van der Waals surface area (Å²) in [7, 11) is 0. The van der Waals surface area contributed by atoms with Crippen LogP contribution in [0.15, 0.2) is 18.2 Å². The lowest BCUT2D eigenvalue weighted by molar-refractivity contribution is -0.384. The largest absolute Gasteiger partial charge is 0.480 e. The number of hydrogen-bond acceptors (Lipinski definition) is 7. The highest BCUT2D eigenvalue weighted by molar-refractivity contribution is 6.39. The van der Waals surface area contributed by atoms with Crippen LogP contribution in [0, 0.1) is 10.1 Å². The monoisotopic (exact) mass is 380 g/mol. The molecule has 1 saturated carbocycles. The first-order chi connectivity index (χ1) is 12.8. The number of anilines is 1. The molecule has 1 aromatic rings. The molecule has 146 valence electrons. The van der Waals surface area contributed by atoms with Crippen LogP contribution >= 0.6 is 0 Å². The second-order valence-electron chi connectivity index (χ2n) is 6.14. The Morgan fingerprint density at radius 1 is 1.22 bits per heavy atom. The van der Waals surface area contributed by atoms with Crippen LogP contribution in [-0.2, 0) is 19.1 Å². The van der Waals surface area contributed by atoms with Gasteiger partial charge in [0.15, 0.2) is 0 Å². The van der Waals surface area contributed by atoms with Crippen molar-refractivity contribution < 1.29 is 29.2 Å². The van der Waals surface area contributed by atoms with Gasteiger partial charge in [-0.15, -0.1) is 0 Å². The maximum Gasteiger partial charge on any atom is 0.329 e. The molecule has 0 radical (unpaired) electrons. The Balaban J connectivity index is 2.08.